The summed E-state index contributed by atoms with van der Waals surface area (Å²) in [4.78, 5) is 10.1. The van der Waals surface area contributed by atoms with E-state index in [0.29, 0.717) is 4.61 Å². The molecule has 0 unspecified atom stereocenters. The maximum absolute atomic E-state index is 10.1. The lowest BCUT2D eigenvalue weighted by atomic mass is 10.8. The highest BCUT2D eigenvalue weighted by atomic mass is 32.1. The van der Waals surface area contributed by atoms with Crippen molar-refractivity contribution in [2.75, 3.05) is 0 Å². The smallest absolute Gasteiger partial charge is 0.350 e. The van der Waals surface area contributed by atoms with Crippen LogP contribution in [0.3, 0.4) is 0 Å². The van der Waals surface area contributed by atoms with Gasteiger partial charge in [-0.15, -0.1) is 11.3 Å². The second-order valence-corrected chi connectivity index (χ2v) is 3.36. The van der Waals surface area contributed by atoms with Gasteiger partial charge in [-0.1, -0.05) is 0 Å². The SMILES string of the molecule is O=C(O)c1pccs1. The Bertz CT molecular complexity index is 182. The first-order valence-electron chi connectivity index (χ1n) is 1.93. The standard InChI is InChI=1S/C4H3O2PS/c5-3(6)4-7-1-2-8-4/h1-2H,(H,5,6). The van der Waals surface area contributed by atoms with E-state index in [-0.39, 0.29) is 0 Å². The molecule has 4 heteroatoms. The molecule has 0 bridgehead atoms. The Balaban J connectivity index is 2.93. The number of carbonyl (C=O) groups is 1. The minimum Gasteiger partial charge on any atom is -0.477 e. The molecule has 0 aromatic carbocycles. The molecule has 1 heterocycles. The molecule has 0 fully saturated rings. The number of hydrogen-bond donors (Lipinski definition) is 1. The summed E-state index contributed by atoms with van der Waals surface area (Å²) in [6, 6.07) is 0. The Hall–Kier alpha value is -0.400. The highest BCUT2D eigenvalue weighted by Gasteiger charge is 2.00. The quantitative estimate of drug-likeness (QED) is 0.658. The van der Waals surface area contributed by atoms with Crippen LogP contribution in [-0.2, 0) is 0 Å². The third-order valence-corrected chi connectivity index (χ3v) is 2.84. The molecule has 0 aliphatic rings. The molecule has 2 nitrogen and oxygen atoms in total. The molecule has 0 radical (unpaired) electrons. The Morgan fingerprint density at radius 1 is 1.88 bits per heavy atom. The van der Waals surface area contributed by atoms with Gasteiger partial charge in [-0.3, -0.25) is 0 Å². The molecule has 1 aromatic heterocycles. The minimum atomic E-state index is -0.804. The van der Waals surface area contributed by atoms with Gasteiger partial charge in [0.1, 0.15) is 4.61 Å². The van der Waals surface area contributed by atoms with Crippen molar-refractivity contribution in [3.05, 3.63) is 15.8 Å². The van der Waals surface area contributed by atoms with Crippen LogP contribution < -0.4 is 0 Å². The van der Waals surface area contributed by atoms with Crippen LogP contribution in [-0.4, -0.2) is 11.1 Å². The fourth-order valence-electron chi connectivity index (χ4n) is 0.329. The zero-order chi connectivity index (χ0) is 5.98. The van der Waals surface area contributed by atoms with E-state index >= 15 is 0 Å². The zero-order valence-corrected chi connectivity index (χ0v) is 5.58. The minimum absolute atomic E-state index is 0.491. The van der Waals surface area contributed by atoms with Gasteiger partial charge in [-0.25, -0.2) is 4.79 Å². The van der Waals surface area contributed by atoms with Crippen molar-refractivity contribution in [1.82, 2.24) is 0 Å². The predicted molar refractivity (Wildman–Crippen MR) is 33.8 cm³/mol. The zero-order valence-electron chi connectivity index (χ0n) is 3.87. The third-order valence-electron chi connectivity index (χ3n) is 0.615. The van der Waals surface area contributed by atoms with E-state index in [1.165, 1.54) is 11.3 Å². The summed E-state index contributed by atoms with van der Waals surface area (Å²) >= 11 is 1.27. The van der Waals surface area contributed by atoms with Crippen LogP contribution in [0.2, 0.25) is 0 Å². The van der Waals surface area contributed by atoms with Gasteiger partial charge in [0.25, 0.3) is 0 Å². The number of carboxylic acids is 1. The highest BCUT2D eigenvalue weighted by Crippen LogP contribution is 2.19. The molecule has 1 aromatic rings. The molecular weight excluding hydrogens is 143 g/mol. The van der Waals surface area contributed by atoms with Gasteiger partial charge in [0.2, 0.25) is 0 Å². The fraction of sp³-hybridized carbons (Fsp3) is 0. The first-order valence-corrected chi connectivity index (χ1v) is 3.78. The first-order chi connectivity index (χ1) is 3.80. The Morgan fingerprint density at radius 3 is 2.88 bits per heavy atom. The van der Waals surface area contributed by atoms with Crippen molar-refractivity contribution in [3.8, 4) is 0 Å². The van der Waals surface area contributed by atoms with Gasteiger partial charge in [0.05, 0.1) is 0 Å². The van der Waals surface area contributed by atoms with E-state index < -0.39 is 5.97 Å². The van der Waals surface area contributed by atoms with Gasteiger partial charge in [-0.05, 0) is 19.4 Å². The number of rotatable bonds is 1. The van der Waals surface area contributed by atoms with Crippen LogP contribution in [0.1, 0.15) is 9.40 Å². The van der Waals surface area contributed by atoms with Crippen molar-refractivity contribution in [1.29, 1.82) is 0 Å². The van der Waals surface area contributed by atoms with Crippen molar-refractivity contribution in [3.63, 3.8) is 0 Å². The average Bonchev–Trinajstić information content (AvgIpc) is 2.12. The maximum Gasteiger partial charge on any atom is 0.350 e. The number of aromatic carboxylic acids is 1. The van der Waals surface area contributed by atoms with Crippen LogP contribution >= 0.6 is 19.5 Å². The molecule has 0 spiro atoms. The first kappa shape index (κ1) is 5.73. The third kappa shape index (κ3) is 1.05. The van der Waals surface area contributed by atoms with Crippen LogP contribution in [0.15, 0.2) is 11.2 Å². The topological polar surface area (TPSA) is 37.3 Å². The number of carboxylic acid groups (broad SMARTS) is 1. The normalized spacial score (nSPS) is 10.0. The van der Waals surface area contributed by atoms with E-state index in [9.17, 15) is 4.79 Å². The number of hydrogen-bond acceptors (Lipinski definition) is 2. The molecule has 0 saturated heterocycles. The summed E-state index contributed by atoms with van der Waals surface area (Å²) in [6.45, 7) is 0. The van der Waals surface area contributed by atoms with Gasteiger partial charge in [0.15, 0.2) is 0 Å². The molecule has 1 rings (SSSR count). The van der Waals surface area contributed by atoms with E-state index in [1.807, 2.05) is 5.80 Å². The van der Waals surface area contributed by atoms with Gasteiger partial charge >= 0.3 is 5.97 Å². The van der Waals surface area contributed by atoms with Crippen molar-refractivity contribution < 1.29 is 9.90 Å². The summed E-state index contributed by atoms with van der Waals surface area (Å²) < 4.78 is 0.491. The molecule has 1 N–H and O–H groups in total. The lowest BCUT2D eigenvalue weighted by Gasteiger charge is -1.77. The maximum atomic E-state index is 10.1. The summed E-state index contributed by atoms with van der Waals surface area (Å²) in [5.74, 6) is 1.01. The van der Waals surface area contributed by atoms with E-state index in [1.54, 1.807) is 5.38 Å². The fourth-order valence-corrected chi connectivity index (χ4v) is 1.90. The highest BCUT2D eigenvalue weighted by molar-refractivity contribution is 7.42. The van der Waals surface area contributed by atoms with E-state index in [0.717, 1.165) is 8.19 Å². The van der Waals surface area contributed by atoms with E-state index in [2.05, 4.69) is 0 Å². The Kier molecular flexibility index (Phi) is 1.61. The van der Waals surface area contributed by atoms with Crippen molar-refractivity contribution in [2.24, 2.45) is 0 Å². The average molecular weight is 146 g/mol. The van der Waals surface area contributed by atoms with Gasteiger partial charge in [-0.2, -0.15) is 0 Å². The summed E-state index contributed by atoms with van der Waals surface area (Å²) in [6.07, 6.45) is 0. The Morgan fingerprint density at radius 2 is 2.62 bits per heavy atom. The molecule has 42 valence electrons. The molecule has 0 aliphatic heterocycles. The van der Waals surface area contributed by atoms with Crippen LogP contribution in [0, 0.1) is 0 Å². The van der Waals surface area contributed by atoms with Crippen LogP contribution in [0.25, 0.3) is 0 Å². The predicted octanol–water partition coefficient (Wildman–Crippen LogP) is 2.03. The van der Waals surface area contributed by atoms with Gasteiger partial charge in [0, 0.05) is 0 Å². The largest absolute Gasteiger partial charge is 0.477 e. The monoisotopic (exact) mass is 146 g/mol. The molecule has 0 aliphatic carbocycles. The second-order valence-electron chi connectivity index (χ2n) is 1.14. The molecule has 0 amide bonds. The van der Waals surface area contributed by atoms with Crippen molar-refractivity contribution >= 4 is 25.5 Å². The van der Waals surface area contributed by atoms with Crippen molar-refractivity contribution in [2.45, 2.75) is 0 Å². The lowest BCUT2D eigenvalue weighted by molar-refractivity contribution is 0.0707. The molecule has 0 atom stereocenters. The molecular formula is C4H3O2PS. The second kappa shape index (κ2) is 2.25. The van der Waals surface area contributed by atoms with Crippen LogP contribution in [0.4, 0.5) is 0 Å². The summed E-state index contributed by atoms with van der Waals surface area (Å²) in [5, 5.41) is 10.1. The summed E-state index contributed by atoms with van der Waals surface area (Å²) in [7, 11) is 0.815. The summed E-state index contributed by atoms with van der Waals surface area (Å²) in [5.41, 5.74) is 0. The van der Waals surface area contributed by atoms with Gasteiger partial charge < -0.3 is 5.11 Å². The van der Waals surface area contributed by atoms with Crippen LogP contribution in [0.5, 0.6) is 0 Å². The lowest BCUT2D eigenvalue weighted by Crippen LogP contribution is -1.86. The molecule has 0 saturated carbocycles. The molecule has 8 heavy (non-hydrogen) atoms. The van der Waals surface area contributed by atoms with E-state index in [4.69, 9.17) is 5.11 Å². The Labute approximate surface area is 51.9 Å².